The van der Waals surface area contributed by atoms with Gasteiger partial charge in [-0.1, -0.05) is 42.5 Å². The summed E-state index contributed by atoms with van der Waals surface area (Å²) in [5.74, 6) is -1.57. The molecule has 0 spiro atoms. The van der Waals surface area contributed by atoms with Crippen molar-refractivity contribution in [1.29, 1.82) is 0 Å². The largest absolute Gasteiger partial charge is 0.337 e. The highest BCUT2D eigenvalue weighted by atomic mass is 19.1. The van der Waals surface area contributed by atoms with E-state index < -0.39 is 11.7 Å². The van der Waals surface area contributed by atoms with E-state index in [-0.39, 0.29) is 35.4 Å². The smallest absolute Gasteiger partial charge is 0.271 e. The molecule has 158 valence electrons. The number of H-pyrrole nitrogens is 1. The monoisotopic (exact) mass is 419 g/mol. The van der Waals surface area contributed by atoms with Crippen LogP contribution in [0.2, 0.25) is 0 Å². The van der Waals surface area contributed by atoms with E-state index in [2.05, 4.69) is 10.2 Å². The van der Waals surface area contributed by atoms with Crippen LogP contribution in [0.3, 0.4) is 0 Å². The van der Waals surface area contributed by atoms with Gasteiger partial charge in [0.1, 0.15) is 17.2 Å². The molecule has 1 aromatic heterocycles. The Morgan fingerprint density at radius 2 is 1.87 bits per heavy atom. The molecule has 0 radical (unpaired) electrons. The van der Waals surface area contributed by atoms with Crippen molar-refractivity contribution in [2.24, 2.45) is 5.92 Å². The second-order valence-corrected chi connectivity index (χ2v) is 7.74. The molecule has 4 rings (SSSR count). The average molecular weight is 419 g/mol. The Bertz CT molecular complexity index is 1140. The minimum Gasteiger partial charge on any atom is -0.337 e. The summed E-state index contributed by atoms with van der Waals surface area (Å²) in [6, 6.07) is 15.1. The summed E-state index contributed by atoms with van der Waals surface area (Å²) >= 11 is 0. The van der Waals surface area contributed by atoms with Crippen molar-refractivity contribution in [3.8, 4) is 11.1 Å². The quantitative estimate of drug-likeness (QED) is 0.630. The zero-order valence-corrected chi connectivity index (χ0v) is 17.1. The van der Waals surface area contributed by atoms with Gasteiger partial charge in [-0.3, -0.25) is 19.5 Å². The van der Waals surface area contributed by atoms with Crippen LogP contribution in [-0.4, -0.2) is 45.7 Å². The number of hydrogen-bond acceptors (Lipinski definition) is 4. The number of aromatic amines is 1. The summed E-state index contributed by atoms with van der Waals surface area (Å²) in [7, 11) is 0. The molecule has 1 aliphatic rings. The molecule has 1 unspecified atom stereocenters. The van der Waals surface area contributed by atoms with Crippen molar-refractivity contribution in [2.75, 3.05) is 13.1 Å². The second kappa shape index (κ2) is 8.63. The molecule has 7 heteroatoms. The highest BCUT2D eigenvalue weighted by Crippen LogP contribution is 2.27. The van der Waals surface area contributed by atoms with Gasteiger partial charge >= 0.3 is 0 Å². The third kappa shape index (κ3) is 4.30. The van der Waals surface area contributed by atoms with Gasteiger partial charge in [0, 0.05) is 37.1 Å². The maximum absolute atomic E-state index is 14.7. The highest BCUT2D eigenvalue weighted by molar-refractivity contribution is 6.00. The van der Waals surface area contributed by atoms with Crippen LogP contribution in [0.15, 0.2) is 54.6 Å². The van der Waals surface area contributed by atoms with Crippen molar-refractivity contribution in [3.63, 3.8) is 0 Å². The fraction of sp³-hybridized carbons (Fsp3) is 0.250. The number of carbonyl (C=O) groups is 3. The Balaban J connectivity index is 1.49. The van der Waals surface area contributed by atoms with Crippen molar-refractivity contribution in [1.82, 2.24) is 15.1 Å². The Morgan fingerprint density at radius 3 is 2.55 bits per heavy atom. The van der Waals surface area contributed by atoms with Gasteiger partial charge in [0.15, 0.2) is 11.6 Å². The minimum atomic E-state index is -0.449. The molecule has 6 nitrogen and oxygen atoms in total. The summed E-state index contributed by atoms with van der Waals surface area (Å²) in [6.45, 7) is 2.13. The Morgan fingerprint density at radius 1 is 1.10 bits per heavy atom. The molecule has 1 aliphatic heterocycles. The van der Waals surface area contributed by atoms with E-state index in [1.165, 1.54) is 19.1 Å². The number of nitrogens with zero attached hydrogens (tertiary/aromatic N) is 2. The number of benzene rings is 2. The van der Waals surface area contributed by atoms with Crippen molar-refractivity contribution in [2.45, 2.75) is 19.8 Å². The van der Waals surface area contributed by atoms with Crippen LogP contribution in [0.4, 0.5) is 4.39 Å². The molecule has 2 heterocycles. The molecule has 1 atom stereocenters. The SMILES string of the molecule is CC(=O)c1cc(C(=O)N2CCCC(C(=O)c3ccc(-c4ccccc4)c(F)c3)C2)[nH]n1. The van der Waals surface area contributed by atoms with Crippen LogP contribution < -0.4 is 0 Å². The number of rotatable bonds is 5. The van der Waals surface area contributed by atoms with Crippen LogP contribution >= 0.6 is 0 Å². The first-order chi connectivity index (χ1) is 14.9. The summed E-state index contributed by atoms with van der Waals surface area (Å²) in [6.07, 6.45) is 1.30. The maximum Gasteiger partial charge on any atom is 0.271 e. The first kappa shape index (κ1) is 20.7. The Labute approximate surface area is 179 Å². The molecule has 1 saturated heterocycles. The van der Waals surface area contributed by atoms with Gasteiger partial charge in [0.2, 0.25) is 0 Å². The molecule has 1 N–H and O–H groups in total. The average Bonchev–Trinajstić information content (AvgIpc) is 3.29. The molecule has 0 aliphatic carbocycles. The van der Waals surface area contributed by atoms with Crippen molar-refractivity contribution >= 4 is 17.5 Å². The van der Waals surface area contributed by atoms with Gasteiger partial charge in [0.05, 0.1) is 0 Å². The molecule has 0 saturated carbocycles. The van der Waals surface area contributed by atoms with Crippen LogP contribution in [0, 0.1) is 11.7 Å². The summed E-state index contributed by atoms with van der Waals surface area (Å²) in [5, 5.41) is 6.44. The fourth-order valence-electron chi connectivity index (χ4n) is 3.91. The standard InChI is InChI=1S/C24H22FN3O3/c1-15(29)21-13-22(27-26-21)24(31)28-11-5-8-18(14-28)23(30)17-9-10-19(20(25)12-17)16-6-3-2-4-7-16/h2-4,6-7,9-10,12-13,18H,5,8,11,14H2,1H3,(H,26,27). The maximum atomic E-state index is 14.7. The van der Waals surface area contributed by atoms with E-state index in [9.17, 15) is 18.8 Å². The van der Waals surface area contributed by atoms with Gasteiger partial charge in [-0.05, 0) is 30.5 Å². The third-order valence-corrected chi connectivity index (χ3v) is 5.59. The number of likely N-dealkylation sites (tertiary alicyclic amines) is 1. The topological polar surface area (TPSA) is 83.1 Å². The zero-order chi connectivity index (χ0) is 22.0. The number of nitrogens with one attached hydrogen (secondary N) is 1. The van der Waals surface area contributed by atoms with Gasteiger partial charge in [0.25, 0.3) is 5.91 Å². The summed E-state index contributed by atoms with van der Waals surface area (Å²) < 4.78 is 14.7. The first-order valence-corrected chi connectivity index (χ1v) is 10.2. The van der Waals surface area contributed by atoms with Gasteiger partial charge in [-0.15, -0.1) is 0 Å². The van der Waals surface area contributed by atoms with E-state index in [0.29, 0.717) is 30.5 Å². The molecule has 1 fully saturated rings. The molecule has 2 aromatic carbocycles. The van der Waals surface area contributed by atoms with Gasteiger partial charge in [-0.25, -0.2) is 4.39 Å². The lowest BCUT2D eigenvalue weighted by Gasteiger charge is -2.31. The van der Waals surface area contributed by atoms with Crippen LogP contribution in [-0.2, 0) is 0 Å². The van der Waals surface area contributed by atoms with E-state index in [0.717, 1.165) is 5.56 Å². The molecular formula is C24H22FN3O3. The van der Waals surface area contributed by atoms with E-state index in [1.807, 2.05) is 30.3 Å². The number of aromatic nitrogens is 2. The van der Waals surface area contributed by atoms with Crippen LogP contribution in [0.1, 0.15) is 51.1 Å². The summed E-state index contributed by atoms with van der Waals surface area (Å²) in [4.78, 5) is 38.8. The lowest BCUT2D eigenvalue weighted by Crippen LogP contribution is -2.42. The number of amides is 1. The molecule has 31 heavy (non-hydrogen) atoms. The van der Waals surface area contributed by atoms with Crippen molar-refractivity contribution < 1.29 is 18.8 Å². The number of piperidine rings is 1. The summed E-state index contributed by atoms with van der Waals surface area (Å²) in [5.41, 5.74) is 1.91. The van der Waals surface area contributed by atoms with Gasteiger partial charge in [-0.2, -0.15) is 5.10 Å². The van der Waals surface area contributed by atoms with E-state index in [1.54, 1.807) is 17.0 Å². The number of carbonyl (C=O) groups excluding carboxylic acids is 3. The zero-order valence-electron chi connectivity index (χ0n) is 17.1. The predicted molar refractivity (Wildman–Crippen MR) is 113 cm³/mol. The van der Waals surface area contributed by atoms with E-state index in [4.69, 9.17) is 0 Å². The van der Waals surface area contributed by atoms with Crippen molar-refractivity contribution in [3.05, 3.63) is 77.4 Å². The number of ketones is 2. The second-order valence-electron chi connectivity index (χ2n) is 7.74. The molecular weight excluding hydrogens is 397 g/mol. The first-order valence-electron chi connectivity index (χ1n) is 10.2. The number of Topliss-reactive ketones (excluding diaryl/α,β-unsaturated/α-hetero) is 2. The normalized spacial score (nSPS) is 16.2. The van der Waals surface area contributed by atoms with Gasteiger partial charge < -0.3 is 4.90 Å². The number of halogens is 1. The Hall–Kier alpha value is -3.61. The number of hydrogen-bond donors (Lipinski definition) is 1. The molecule has 3 aromatic rings. The third-order valence-electron chi connectivity index (χ3n) is 5.59. The Kier molecular flexibility index (Phi) is 5.75. The molecule has 0 bridgehead atoms. The fourth-order valence-corrected chi connectivity index (χ4v) is 3.91. The van der Waals surface area contributed by atoms with Crippen LogP contribution in [0.25, 0.3) is 11.1 Å². The van der Waals surface area contributed by atoms with Crippen LogP contribution in [0.5, 0.6) is 0 Å². The van der Waals surface area contributed by atoms with E-state index >= 15 is 0 Å². The molecule has 1 amide bonds. The highest BCUT2D eigenvalue weighted by Gasteiger charge is 2.30. The lowest BCUT2D eigenvalue weighted by molar-refractivity contribution is 0.0632. The lowest BCUT2D eigenvalue weighted by atomic mass is 9.89. The minimum absolute atomic E-state index is 0.176. The predicted octanol–water partition coefficient (Wildman–Crippen LogP) is 4.15.